The number of benzene rings is 2. The monoisotopic (exact) mass is 537 g/mol. The van der Waals surface area contributed by atoms with Crippen LogP contribution in [0.25, 0.3) is 11.4 Å². The van der Waals surface area contributed by atoms with E-state index in [1.807, 2.05) is 0 Å². The molecule has 1 heterocycles. The van der Waals surface area contributed by atoms with Gasteiger partial charge in [-0.2, -0.15) is 0 Å². The molecule has 7 rings (SSSR count). The Balaban J connectivity index is 1.31. The van der Waals surface area contributed by atoms with E-state index in [1.165, 1.54) is 50.7 Å². The van der Waals surface area contributed by atoms with Gasteiger partial charge in [-0.1, -0.05) is 35.3 Å². The molecule has 8 heteroatoms. The highest BCUT2D eigenvalue weighted by Gasteiger charge is 2.50. The van der Waals surface area contributed by atoms with Gasteiger partial charge in [0.2, 0.25) is 0 Å². The Morgan fingerprint density at radius 1 is 1.00 bits per heavy atom. The number of carbonyl (C=O) groups is 2. The Kier molecular flexibility index (Phi) is 6.28. The van der Waals surface area contributed by atoms with Gasteiger partial charge in [-0.25, -0.2) is 9.78 Å². The molecule has 2 aromatic carbocycles. The number of nitrogens with one attached hydrogen (secondary N) is 2. The molecule has 6 nitrogen and oxygen atoms in total. The highest BCUT2D eigenvalue weighted by atomic mass is 35.5. The van der Waals surface area contributed by atoms with Gasteiger partial charge in [0.1, 0.15) is 11.5 Å². The largest absolute Gasteiger partial charge is 0.478 e. The van der Waals surface area contributed by atoms with Gasteiger partial charge in [-0.05, 0) is 105 Å². The number of H-pyrrole nitrogens is 1. The minimum absolute atomic E-state index is 0.102. The molecular weight excluding hydrogens is 509 g/mol. The van der Waals surface area contributed by atoms with Gasteiger partial charge in [0.15, 0.2) is 0 Å². The second-order valence-corrected chi connectivity index (χ2v) is 12.1. The number of aromatic nitrogens is 2. The molecule has 4 fully saturated rings. The summed E-state index contributed by atoms with van der Waals surface area (Å²) in [5.74, 6) is 1.58. The number of hydrogen-bond acceptors (Lipinski definition) is 3. The lowest BCUT2D eigenvalue weighted by Crippen LogP contribution is -2.46. The summed E-state index contributed by atoms with van der Waals surface area (Å²) < 4.78 is 0. The van der Waals surface area contributed by atoms with Crippen LogP contribution in [0, 0.1) is 23.2 Å². The van der Waals surface area contributed by atoms with Crippen LogP contribution in [0.4, 0.5) is 5.69 Å². The van der Waals surface area contributed by atoms with Crippen molar-refractivity contribution >= 4 is 40.8 Å². The van der Waals surface area contributed by atoms with Crippen molar-refractivity contribution in [2.75, 3.05) is 5.32 Å². The van der Waals surface area contributed by atoms with Crippen molar-refractivity contribution in [2.45, 2.75) is 51.4 Å². The number of rotatable bonds is 7. The zero-order valence-electron chi connectivity index (χ0n) is 20.4. The number of aromatic carboxylic acids is 1. The summed E-state index contributed by atoms with van der Waals surface area (Å²) in [7, 11) is 0. The number of halogens is 2. The van der Waals surface area contributed by atoms with Crippen molar-refractivity contribution in [3.05, 3.63) is 69.5 Å². The SMILES string of the molecule is O=C(O)c1cccc(NC(=O)c2nc(-c3c(Cl)cccc3Cl)[nH]c2CCC23CC4CC(CC(C4)C2)C3)c1. The van der Waals surface area contributed by atoms with Crippen molar-refractivity contribution in [3.8, 4) is 11.4 Å². The van der Waals surface area contributed by atoms with Gasteiger partial charge >= 0.3 is 5.97 Å². The van der Waals surface area contributed by atoms with Crippen LogP contribution in [0.1, 0.15) is 71.5 Å². The first-order chi connectivity index (χ1) is 17.8. The van der Waals surface area contributed by atoms with E-state index >= 15 is 0 Å². The molecule has 0 radical (unpaired) electrons. The van der Waals surface area contributed by atoms with Crippen molar-refractivity contribution in [1.29, 1.82) is 0 Å². The zero-order valence-corrected chi connectivity index (χ0v) is 21.9. The predicted molar refractivity (Wildman–Crippen MR) is 144 cm³/mol. The average Bonchev–Trinajstić information content (AvgIpc) is 3.26. The van der Waals surface area contributed by atoms with Crippen molar-refractivity contribution in [1.82, 2.24) is 9.97 Å². The highest BCUT2D eigenvalue weighted by Crippen LogP contribution is 2.61. The Hall–Kier alpha value is -2.83. The van der Waals surface area contributed by atoms with Crippen molar-refractivity contribution in [2.24, 2.45) is 23.2 Å². The van der Waals surface area contributed by atoms with E-state index in [4.69, 9.17) is 23.2 Å². The maximum absolute atomic E-state index is 13.4. The topological polar surface area (TPSA) is 95.1 Å². The number of hydrogen-bond donors (Lipinski definition) is 3. The smallest absolute Gasteiger partial charge is 0.335 e. The normalized spacial score (nSPS) is 25.8. The van der Waals surface area contributed by atoms with Crippen molar-refractivity contribution < 1.29 is 14.7 Å². The molecule has 3 N–H and O–H groups in total. The third-order valence-corrected chi connectivity index (χ3v) is 9.26. The summed E-state index contributed by atoms with van der Waals surface area (Å²) in [5.41, 5.74) is 2.47. The third-order valence-electron chi connectivity index (χ3n) is 8.63. The number of carbonyl (C=O) groups excluding carboxylic acids is 1. The van der Waals surface area contributed by atoms with Gasteiger partial charge < -0.3 is 15.4 Å². The molecule has 0 atom stereocenters. The summed E-state index contributed by atoms with van der Waals surface area (Å²) in [5, 5.41) is 13.1. The molecule has 0 unspecified atom stereocenters. The molecule has 4 aliphatic carbocycles. The molecule has 192 valence electrons. The Bertz CT molecular complexity index is 1330. The lowest BCUT2D eigenvalue weighted by Gasteiger charge is -2.57. The quantitative estimate of drug-likeness (QED) is 0.291. The van der Waals surface area contributed by atoms with Gasteiger partial charge in [0.05, 0.1) is 21.2 Å². The Morgan fingerprint density at radius 3 is 2.24 bits per heavy atom. The second-order valence-electron chi connectivity index (χ2n) is 11.3. The second kappa shape index (κ2) is 9.48. The summed E-state index contributed by atoms with van der Waals surface area (Å²) in [6.07, 6.45) is 9.77. The van der Waals surface area contributed by atoms with E-state index in [2.05, 4.69) is 15.3 Å². The molecular formula is C29H29Cl2N3O3. The first kappa shape index (κ1) is 24.5. The molecule has 1 aromatic heterocycles. The van der Waals surface area contributed by atoms with E-state index < -0.39 is 11.9 Å². The van der Waals surface area contributed by atoms with Crippen LogP contribution in [0.15, 0.2) is 42.5 Å². The van der Waals surface area contributed by atoms with E-state index in [0.717, 1.165) is 29.9 Å². The number of carboxylic acid groups (broad SMARTS) is 1. The number of imidazole rings is 1. The minimum Gasteiger partial charge on any atom is -0.478 e. The standard InChI is InChI=1S/C29H29Cl2N3O3/c30-21-5-2-6-22(31)24(21)26-33-23(7-8-29-13-16-9-17(14-29)11-18(10-16)15-29)25(34-26)27(35)32-20-4-1-3-19(12-20)28(36)37/h1-6,12,16-18H,7-11,13-15H2,(H,32,35)(H,33,34)(H,36,37). The molecule has 4 bridgehead atoms. The molecule has 4 aliphatic rings. The maximum atomic E-state index is 13.4. The molecule has 37 heavy (non-hydrogen) atoms. The molecule has 0 aliphatic heterocycles. The first-order valence-corrected chi connectivity index (χ1v) is 13.7. The summed E-state index contributed by atoms with van der Waals surface area (Å²) in [4.78, 5) is 32.9. The van der Waals surface area contributed by atoms with E-state index in [9.17, 15) is 14.7 Å². The number of aromatic amines is 1. The van der Waals surface area contributed by atoms with Crippen molar-refractivity contribution in [3.63, 3.8) is 0 Å². The fourth-order valence-corrected chi connectivity index (χ4v) is 8.10. The van der Waals surface area contributed by atoms with E-state index in [-0.39, 0.29) is 11.3 Å². The number of carboxylic acids is 1. The predicted octanol–water partition coefficient (Wildman–Crippen LogP) is 7.48. The average molecular weight is 538 g/mol. The Labute approximate surface area is 225 Å². The Morgan fingerprint density at radius 2 is 1.62 bits per heavy atom. The lowest BCUT2D eigenvalue weighted by atomic mass is 9.48. The number of anilines is 1. The lowest BCUT2D eigenvalue weighted by molar-refractivity contribution is -0.0570. The van der Waals surface area contributed by atoms with E-state index in [0.29, 0.717) is 39.0 Å². The minimum atomic E-state index is -1.05. The molecule has 0 spiro atoms. The summed E-state index contributed by atoms with van der Waals surface area (Å²) in [6.45, 7) is 0. The number of aryl methyl sites for hydroxylation is 1. The summed E-state index contributed by atoms with van der Waals surface area (Å²) in [6, 6.07) is 11.5. The molecule has 4 saturated carbocycles. The maximum Gasteiger partial charge on any atom is 0.335 e. The molecule has 1 amide bonds. The first-order valence-electron chi connectivity index (χ1n) is 13.0. The van der Waals surface area contributed by atoms with Crippen LogP contribution < -0.4 is 5.32 Å². The van der Waals surface area contributed by atoms with Gasteiger partial charge in [-0.3, -0.25) is 4.79 Å². The van der Waals surface area contributed by atoms with Crippen LogP contribution in [0.5, 0.6) is 0 Å². The van der Waals surface area contributed by atoms with Crippen LogP contribution in [-0.4, -0.2) is 27.0 Å². The third kappa shape index (κ3) is 4.77. The van der Waals surface area contributed by atoms with Gasteiger partial charge in [-0.15, -0.1) is 0 Å². The fourth-order valence-electron chi connectivity index (χ4n) is 7.53. The van der Waals surface area contributed by atoms with E-state index in [1.54, 1.807) is 30.3 Å². The van der Waals surface area contributed by atoms with Crippen LogP contribution in [0.2, 0.25) is 10.0 Å². The van der Waals surface area contributed by atoms with Crippen LogP contribution in [-0.2, 0) is 6.42 Å². The fraction of sp³-hybridized carbons (Fsp3) is 0.414. The number of nitrogens with zero attached hydrogens (tertiary/aromatic N) is 1. The summed E-state index contributed by atoms with van der Waals surface area (Å²) >= 11 is 12.9. The highest BCUT2D eigenvalue weighted by molar-refractivity contribution is 6.39. The molecule has 3 aromatic rings. The zero-order chi connectivity index (χ0) is 25.7. The van der Waals surface area contributed by atoms with Crippen LogP contribution >= 0.6 is 23.2 Å². The van der Waals surface area contributed by atoms with Gasteiger partial charge in [0, 0.05) is 11.4 Å². The van der Waals surface area contributed by atoms with Gasteiger partial charge in [0.25, 0.3) is 5.91 Å². The number of amides is 1. The van der Waals surface area contributed by atoms with Crippen LogP contribution in [0.3, 0.4) is 0 Å². The molecule has 0 saturated heterocycles.